The largest absolute Gasteiger partial charge is 0.465 e. The molecule has 0 heterocycles. The highest BCUT2D eigenvalue weighted by molar-refractivity contribution is 5.81. The van der Waals surface area contributed by atoms with Crippen LogP contribution in [0, 0.1) is 5.82 Å². The van der Waals surface area contributed by atoms with E-state index in [4.69, 9.17) is 4.74 Å². The van der Waals surface area contributed by atoms with E-state index in [0.717, 1.165) is 18.4 Å². The van der Waals surface area contributed by atoms with Gasteiger partial charge in [0, 0.05) is 12.5 Å². The summed E-state index contributed by atoms with van der Waals surface area (Å²) >= 11 is 0. The van der Waals surface area contributed by atoms with Crippen molar-refractivity contribution in [3.8, 4) is 0 Å². The first-order valence-electron chi connectivity index (χ1n) is 7.73. The molecule has 1 N–H and O–H groups in total. The molecule has 0 aromatic heterocycles. The fourth-order valence-corrected chi connectivity index (χ4v) is 3.00. The van der Waals surface area contributed by atoms with Gasteiger partial charge in [-0.25, -0.2) is 4.39 Å². The maximum Gasteiger partial charge on any atom is 0.326 e. The van der Waals surface area contributed by atoms with E-state index < -0.39 is 5.54 Å². The predicted octanol–water partition coefficient (Wildman–Crippen LogP) is 3.22. The highest BCUT2D eigenvalue weighted by Crippen LogP contribution is 2.23. The van der Waals surface area contributed by atoms with E-state index in [2.05, 4.69) is 5.32 Å². The Hall–Kier alpha value is -1.42. The molecule has 1 aromatic carbocycles. The molecule has 1 atom stereocenters. The van der Waals surface area contributed by atoms with Gasteiger partial charge in [0.15, 0.2) is 0 Å². The lowest BCUT2D eigenvalue weighted by atomic mass is 9.91. The van der Waals surface area contributed by atoms with Crippen molar-refractivity contribution in [3.05, 3.63) is 35.6 Å². The monoisotopic (exact) mass is 293 g/mol. The number of hydrogen-bond donors (Lipinski definition) is 1. The third-order valence-electron chi connectivity index (χ3n) is 4.07. The Bertz CT molecular complexity index is 468. The van der Waals surface area contributed by atoms with E-state index in [1.54, 1.807) is 12.1 Å². The van der Waals surface area contributed by atoms with Crippen LogP contribution < -0.4 is 5.32 Å². The lowest BCUT2D eigenvalue weighted by Crippen LogP contribution is -2.55. The first kappa shape index (κ1) is 16.0. The standard InChI is InChI=1S/C17H24FNO2/c1-3-21-16(20)17(2,19-15-6-4-5-7-15)12-13-8-10-14(18)11-9-13/h8-11,15,19H,3-7,12H2,1-2H3. The van der Waals surface area contributed by atoms with Crippen molar-refractivity contribution >= 4 is 5.97 Å². The van der Waals surface area contributed by atoms with E-state index in [1.165, 1.54) is 25.0 Å². The second-order valence-electron chi connectivity index (χ2n) is 5.98. The van der Waals surface area contributed by atoms with Crippen LogP contribution in [0.5, 0.6) is 0 Å². The second-order valence-corrected chi connectivity index (χ2v) is 5.98. The maximum atomic E-state index is 13.0. The van der Waals surface area contributed by atoms with Gasteiger partial charge in [0.25, 0.3) is 0 Å². The summed E-state index contributed by atoms with van der Waals surface area (Å²) in [6, 6.07) is 6.67. The molecule has 0 saturated heterocycles. The van der Waals surface area contributed by atoms with Gasteiger partial charge in [0.2, 0.25) is 0 Å². The van der Waals surface area contributed by atoms with Gasteiger partial charge in [0.1, 0.15) is 11.4 Å². The fourth-order valence-electron chi connectivity index (χ4n) is 3.00. The number of carbonyl (C=O) groups excluding carboxylic acids is 1. The molecule has 1 aliphatic rings. The number of ether oxygens (including phenoxy) is 1. The molecule has 2 rings (SSSR count). The van der Waals surface area contributed by atoms with Gasteiger partial charge in [-0.3, -0.25) is 10.1 Å². The molecule has 1 aromatic rings. The second kappa shape index (κ2) is 7.03. The van der Waals surface area contributed by atoms with Gasteiger partial charge in [-0.1, -0.05) is 25.0 Å². The van der Waals surface area contributed by atoms with Crippen molar-refractivity contribution < 1.29 is 13.9 Å². The summed E-state index contributed by atoms with van der Waals surface area (Å²) in [7, 11) is 0. The number of esters is 1. The fraction of sp³-hybridized carbons (Fsp3) is 0.588. The van der Waals surface area contributed by atoms with Crippen LogP contribution in [0.25, 0.3) is 0 Å². The van der Waals surface area contributed by atoms with Crippen LogP contribution in [0.3, 0.4) is 0 Å². The van der Waals surface area contributed by atoms with E-state index in [9.17, 15) is 9.18 Å². The minimum absolute atomic E-state index is 0.235. The first-order valence-corrected chi connectivity index (χ1v) is 7.73. The van der Waals surface area contributed by atoms with Gasteiger partial charge in [-0.15, -0.1) is 0 Å². The van der Waals surface area contributed by atoms with Gasteiger partial charge in [0.05, 0.1) is 6.61 Å². The number of hydrogen-bond acceptors (Lipinski definition) is 3. The van der Waals surface area contributed by atoms with Gasteiger partial charge < -0.3 is 4.74 Å². The SMILES string of the molecule is CCOC(=O)C(C)(Cc1ccc(F)cc1)NC1CCCC1. The molecule has 1 saturated carbocycles. The normalized spacial score (nSPS) is 18.4. The number of halogens is 1. The first-order chi connectivity index (χ1) is 10.0. The van der Waals surface area contributed by atoms with Crippen LogP contribution in [0.2, 0.25) is 0 Å². The predicted molar refractivity (Wildman–Crippen MR) is 80.5 cm³/mol. The van der Waals surface area contributed by atoms with E-state index >= 15 is 0 Å². The Labute approximate surface area is 125 Å². The molecule has 0 spiro atoms. The van der Waals surface area contributed by atoms with Crippen LogP contribution >= 0.6 is 0 Å². The van der Waals surface area contributed by atoms with Crippen LogP contribution in [-0.2, 0) is 16.0 Å². The van der Waals surface area contributed by atoms with E-state index in [-0.39, 0.29) is 11.8 Å². The molecule has 1 fully saturated rings. The summed E-state index contributed by atoms with van der Waals surface area (Å²) < 4.78 is 18.3. The zero-order chi connectivity index (χ0) is 15.3. The topological polar surface area (TPSA) is 38.3 Å². The molecule has 3 nitrogen and oxygen atoms in total. The zero-order valence-corrected chi connectivity index (χ0v) is 12.8. The Balaban J connectivity index is 2.13. The van der Waals surface area contributed by atoms with Crippen molar-refractivity contribution in [1.29, 1.82) is 0 Å². The van der Waals surface area contributed by atoms with Crippen LogP contribution in [-0.4, -0.2) is 24.2 Å². The summed E-state index contributed by atoms with van der Waals surface area (Å²) in [5.74, 6) is -0.499. The Morgan fingerprint density at radius 3 is 2.52 bits per heavy atom. The van der Waals surface area contributed by atoms with Crippen molar-refractivity contribution in [1.82, 2.24) is 5.32 Å². The zero-order valence-electron chi connectivity index (χ0n) is 12.8. The Morgan fingerprint density at radius 1 is 1.33 bits per heavy atom. The summed E-state index contributed by atoms with van der Waals surface area (Å²) in [6.07, 6.45) is 5.10. The number of rotatable bonds is 6. The third kappa shape index (κ3) is 4.27. The van der Waals surface area contributed by atoms with Crippen LogP contribution in [0.15, 0.2) is 24.3 Å². The van der Waals surface area contributed by atoms with Gasteiger partial charge in [-0.05, 0) is 44.4 Å². The molecule has 1 aliphatic carbocycles. The average molecular weight is 293 g/mol. The minimum atomic E-state index is -0.761. The number of carbonyl (C=O) groups is 1. The highest BCUT2D eigenvalue weighted by atomic mass is 19.1. The molecule has 1 unspecified atom stereocenters. The highest BCUT2D eigenvalue weighted by Gasteiger charge is 2.37. The van der Waals surface area contributed by atoms with Gasteiger partial charge >= 0.3 is 5.97 Å². The lowest BCUT2D eigenvalue weighted by molar-refractivity contribution is -0.150. The molecule has 21 heavy (non-hydrogen) atoms. The Kier molecular flexibility index (Phi) is 5.34. The Morgan fingerprint density at radius 2 is 1.95 bits per heavy atom. The average Bonchev–Trinajstić information content (AvgIpc) is 2.94. The molecule has 4 heteroatoms. The lowest BCUT2D eigenvalue weighted by Gasteiger charge is -2.32. The summed E-state index contributed by atoms with van der Waals surface area (Å²) in [5, 5.41) is 3.47. The van der Waals surface area contributed by atoms with Crippen molar-refractivity contribution in [2.45, 2.75) is 57.5 Å². The molecule has 0 bridgehead atoms. The van der Waals surface area contributed by atoms with E-state index in [1.807, 2.05) is 13.8 Å². The smallest absolute Gasteiger partial charge is 0.326 e. The summed E-state index contributed by atoms with van der Waals surface area (Å²) in [6.45, 7) is 4.06. The minimum Gasteiger partial charge on any atom is -0.465 e. The summed E-state index contributed by atoms with van der Waals surface area (Å²) in [4.78, 5) is 12.4. The molecular weight excluding hydrogens is 269 g/mol. The molecular formula is C17H24FNO2. The molecule has 0 radical (unpaired) electrons. The molecule has 0 aliphatic heterocycles. The molecule has 116 valence electrons. The van der Waals surface area contributed by atoms with Crippen molar-refractivity contribution in [2.75, 3.05) is 6.61 Å². The summed E-state index contributed by atoms with van der Waals surface area (Å²) in [5.41, 5.74) is 0.167. The number of benzene rings is 1. The third-order valence-corrected chi connectivity index (χ3v) is 4.07. The maximum absolute atomic E-state index is 13.0. The van der Waals surface area contributed by atoms with Crippen LogP contribution in [0.1, 0.15) is 45.1 Å². The quantitative estimate of drug-likeness (QED) is 0.818. The molecule has 0 amide bonds. The van der Waals surface area contributed by atoms with E-state index in [0.29, 0.717) is 19.1 Å². The van der Waals surface area contributed by atoms with Crippen molar-refractivity contribution in [3.63, 3.8) is 0 Å². The number of nitrogens with one attached hydrogen (secondary N) is 1. The van der Waals surface area contributed by atoms with Crippen LogP contribution in [0.4, 0.5) is 4.39 Å². The van der Waals surface area contributed by atoms with Gasteiger partial charge in [-0.2, -0.15) is 0 Å². The van der Waals surface area contributed by atoms with Crippen molar-refractivity contribution in [2.24, 2.45) is 0 Å².